The Balaban J connectivity index is 2.05. The third-order valence-electron chi connectivity index (χ3n) is 3.57. The van der Waals surface area contributed by atoms with Gasteiger partial charge < -0.3 is 4.74 Å². The van der Waals surface area contributed by atoms with Crippen molar-refractivity contribution in [1.82, 2.24) is 5.43 Å². The number of thioether (sulfide) groups is 1. The third kappa shape index (κ3) is 4.02. The Labute approximate surface area is 124 Å². The van der Waals surface area contributed by atoms with E-state index in [4.69, 9.17) is 22.2 Å². The van der Waals surface area contributed by atoms with Gasteiger partial charge >= 0.3 is 0 Å². The fourth-order valence-corrected chi connectivity index (χ4v) is 4.08. The summed E-state index contributed by atoms with van der Waals surface area (Å²) in [6.45, 7) is 0. The van der Waals surface area contributed by atoms with Gasteiger partial charge in [-0.3, -0.25) is 11.3 Å². The van der Waals surface area contributed by atoms with Gasteiger partial charge in [-0.15, -0.1) is 0 Å². The van der Waals surface area contributed by atoms with E-state index in [1.807, 2.05) is 30.0 Å². The molecule has 0 amide bonds. The zero-order valence-electron chi connectivity index (χ0n) is 11.2. The Morgan fingerprint density at radius 3 is 2.84 bits per heavy atom. The Morgan fingerprint density at radius 1 is 1.47 bits per heavy atom. The number of benzene rings is 1. The third-order valence-corrected chi connectivity index (χ3v) is 5.27. The molecule has 19 heavy (non-hydrogen) atoms. The van der Waals surface area contributed by atoms with Gasteiger partial charge in [0.15, 0.2) is 0 Å². The van der Waals surface area contributed by atoms with E-state index in [1.165, 1.54) is 25.7 Å². The van der Waals surface area contributed by atoms with Crippen molar-refractivity contribution in [2.24, 2.45) is 5.84 Å². The predicted octanol–water partition coefficient (Wildman–Crippen LogP) is 3.53. The second kappa shape index (κ2) is 7.39. The maximum atomic E-state index is 6.07. The van der Waals surface area contributed by atoms with E-state index in [2.05, 4.69) is 5.43 Å². The second-order valence-corrected chi connectivity index (χ2v) is 6.62. The van der Waals surface area contributed by atoms with Crippen LogP contribution in [0.2, 0.25) is 5.02 Å². The van der Waals surface area contributed by atoms with E-state index in [1.54, 1.807) is 7.11 Å². The molecule has 1 unspecified atom stereocenters. The highest BCUT2D eigenvalue weighted by molar-refractivity contribution is 7.99. The number of methoxy groups -OCH3 is 1. The van der Waals surface area contributed by atoms with Crippen LogP contribution < -0.4 is 16.0 Å². The van der Waals surface area contributed by atoms with Crippen LogP contribution in [0, 0.1) is 0 Å². The number of hydrogen-bond donors (Lipinski definition) is 2. The molecule has 2 rings (SSSR count). The molecule has 3 N–H and O–H groups in total. The molecule has 5 heteroatoms. The molecule has 1 aliphatic rings. The average molecular weight is 301 g/mol. The summed E-state index contributed by atoms with van der Waals surface area (Å²) < 4.78 is 5.39. The Hall–Kier alpha value is -0.420. The number of ether oxygens (including phenoxy) is 1. The van der Waals surface area contributed by atoms with Crippen LogP contribution in [0.5, 0.6) is 5.75 Å². The van der Waals surface area contributed by atoms with Crippen LogP contribution in [0.4, 0.5) is 0 Å². The molecule has 1 aromatic carbocycles. The molecule has 0 aromatic heterocycles. The SMILES string of the molecule is COc1ccc(Cl)cc1C(CSC1CCCC1)NN. The van der Waals surface area contributed by atoms with Crippen molar-refractivity contribution in [3.05, 3.63) is 28.8 Å². The maximum Gasteiger partial charge on any atom is 0.123 e. The van der Waals surface area contributed by atoms with Gasteiger partial charge in [-0.1, -0.05) is 24.4 Å². The first-order valence-corrected chi connectivity index (χ1v) is 8.08. The van der Waals surface area contributed by atoms with Crippen molar-refractivity contribution in [3.8, 4) is 5.75 Å². The predicted molar refractivity (Wildman–Crippen MR) is 82.8 cm³/mol. The molecule has 1 atom stereocenters. The molecule has 1 aliphatic carbocycles. The molecule has 3 nitrogen and oxygen atoms in total. The highest BCUT2D eigenvalue weighted by atomic mass is 35.5. The van der Waals surface area contributed by atoms with Gasteiger partial charge in [0.05, 0.1) is 13.2 Å². The van der Waals surface area contributed by atoms with Gasteiger partial charge in [0.25, 0.3) is 0 Å². The van der Waals surface area contributed by atoms with Crippen LogP contribution in [-0.4, -0.2) is 18.1 Å². The number of hydrogen-bond acceptors (Lipinski definition) is 4. The summed E-state index contributed by atoms with van der Waals surface area (Å²) in [5, 5.41) is 1.49. The molecular formula is C14H21ClN2OS. The van der Waals surface area contributed by atoms with Crippen LogP contribution in [0.25, 0.3) is 0 Å². The summed E-state index contributed by atoms with van der Waals surface area (Å²) in [4.78, 5) is 0. The summed E-state index contributed by atoms with van der Waals surface area (Å²) in [7, 11) is 1.67. The molecule has 0 spiro atoms. The van der Waals surface area contributed by atoms with Crippen LogP contribution in [0.3, 0.4) is 0 Å². The Kier molecular flexibility index (Phi) is 5.82. The quantitative estimate of drug-likeness (QED) is 0.623. The van der Waals surface area contributed by atoms with Gasteiger partial charge in [0.2, 0.25) is 0 Å². The fourth-order valence-electron chi connectivity index (χ4n) is 2.49. The molecule has 0 radical (unpaired) electrons. The van der Waals surface area contributed by atoms with Crippen molar-refractivity contribution < 1.29 is 4.74 Å². The summed E-state index contributed by atoms with van der Waals surface area (Å²) >= 11 is 8.07. The number of rotatable bonds is 6. The van der Waals surface area contributed by atoms with Gasteiger partial charge in [-0.2, -0.15) is 11.8 Å². The van der Waals surface area contributed by atoms with Gasteiger partial charge in [0.1, 0.15) is 5.75 Å². The number of nitrogens with two attached hydrogens (primary N) is 1. The maximum absolute atomic E-state index is 6.07. The van der Waals surface area contributed by atoms with Crippen LogP contribution in [0.1, 0.15) is 37.3 Å². The lowest BCUT2D eigenvalue weighted by Gasteiger charge is -2.20. The van der Waals surface area contributed by atoms with Crippen molar-refractivity contribution in [3.63, 3.8) is 0 Å². The zero-order valence-corrected chi connectivity index (χ0v) is 12.8. The summed E-state index contributed by atoms with van der Waals surface area (Å²) in [6, 6.07) is 5.73. The first-order valence-electron chi connectivity index (χ1n) is 6.65. The van der Waals surface area contributed by atoms with Crippen LogP contribution in [-0.2, 0) is 0 Å². The minimum atomic E-state index is 0.0687. The number of hydrazine groups is 1. The van der Waals surface area contributed by atoms with E-state index in [0.717, 1.165) is 22.3 Å². The number of halogens is 1. The van der Waals surface area contributed by atoms with Crippen LogP contribution >= 0.6 is 23.4 Å². The molecule has 0 saturated heterocycles. The molecule has 1 aromatic rings. The fraction of sp³-hybridized carbons (Fsp3) is 0.571. The first kappa shape index (κ1) is 15.0. The lowest BCUT2D eigenvalue weighted by Crippen LogP contribution is -2.30. The Morgan fingerprint density at radius 2 is 2.21 bits per heavy atom. The van der Waals surface area contributed by atoms with Crippen LogP contribution in [0.15, 0.2) is 18.2 Å². The topological polar surface area (TPSA) is 47.3 Å². The molecule has 1 fully saturated rings. The normalized spacial score (nSPS) is 17.6. The summed E-state index contributed by atoms with van der Waals surface area (Å²) in [5.41, 5.74) is 3.92. The molecule has 1 saturated carbocycles. The largest absolute Gasteiger partial charge is 0.496 e. The average Bonchev–Trinajstić information content (AvgIpc) is 2.93. The minimum absolute atomic E-state index is 0.0687. The van der Waals surface area contributed by atoms with Gasteiger partial charge in [0, 0.05) is 21.6 Å². The molecular weight excluding hydrogens is 280 g/mol. The van der Waals surface area contributed by atoms with Crippen molar-refractivity contribution in [2.75, 3.05) is 12.9 Å². The molecule has 0 heterocycles. The van der Waals surface area contributed by atoms with E-state index >= 15 is 0 Å². The Bertz CT molecular complexity index is 410. The summed E-state index contributed by atoms with van der Waals surface area (Å²) in [5.74, 6) is 7.48. The molecule has 0 bridgehead atoms. The van der Waals surface area contributed by atoms with Crippen molar-refractivity contribution in [1.29, 1.82) is 0 Å². The monoisotopic (exact) mass is 300 g/mol. The van der Waals surface area contributed by atoms with E-state index < -0.39 is 0 Å². The summed E-state index contributed by atoms with van der Waals surface area (Å²) in [6.07, 6.45) is 5.38. The molecule has 0 aliphatic heterocycles. The van der Waals surface area contributed by atoms with E-state index in [9.17, 15) is 0 Å². The smallest absolute Gasteiger partial charge is 0.123 e. The zero-order chi connectivity index (χ0) is 13.7. The highest BCUT2D eigenvalue weighted by Gasteiger charge is 2.20. The first-order chi connectivity index (χ1) is 9.24. The van der Waals surface area contributed by atoms with Gasteiger partial charge in [-0.05, 0) is 31.0 Å². The lowest BCUT2D eigenvalue weighted by atomic mass is 10.1. The lowest BCUT2D eigenvalue weighted by molar-refractivity contribution is 0.403. The molecule has 106 valence electrons. The van der Waals surface area contributed by atoms with Crippen molar-refractivity contribution >= 4 is 23.4 Å². The van der Waals surface area contributed by atoms with E-state index in [0.29, 0.717) is 5.02 Å². The standard InChI is InChI=1S/C14H21ClN2OS/c1-18-14-7-6-10(15)8-12(14)13(17-16)9-19-11-4-2-3-5-11/h6-8,11,13,17H,2-5,9,16H2,1H3. The number of nitrogens with one attached hydrogen (secondary N) is 1. The van der Waals surface area contributed by atoms with Crippen molar-refractivity contribution in [2.45, 2.75) is 37.0 Å². The second-order valence-electron chi connectivity index (χ2n) is 4.85. The minimum Gasteiger partial charge on any atom is -0.496 e. The van der Waals surface area contributed by atoms with Gasteiger partial charge in [-0.25, -0.2) is 0 Å². The highest BCUT2D eigenvalue weighted by Crippen LogP contribution is 2.34. The van der Waals surface area contributed by atoms with E-state index in [-0.39, 0.29) is 6.04 Å².